The van der Waals surface area contributed by atoms with Crippen LogP contribution in [0.3, 0.4) is 0 Å². The van der Waals surface area contributed by atoms with E-state index in [1.165, 1.54) is 12.1 Å². The minimum Gasteiger partial charge on any atom is -0.337 e. The molecule has 0 spiro atoms. The highest BCUT2D eigenvalue weighted by Gasteiger charge is 2.26. The lowest BCUT2D eigenvalue weighted by Crippen LogP contribution is -2.33. The third-order valence-corrected chi connectivity index (χ3v) is 3.45. The van der Waals surface area contributed by atoms with Crippen LogP contribution in [0.2, 0.25) is 0 Å². The summed E-state index contributed by atoms with van der Waals surface area (Å²) >= 11 is 3.19. The van der Waals surface area contributed by atoms with Gasteiger partial charge < -0.3 is 10.2 Å². The van der Waals surface area contributed by atoms with E-state index in [4.69, 9.17) is 0 Å². The molecule has 1 aliphatic heterocycles. The molecule has 1 N–H and O–H groups in total. The Labute approximate surface area is 108 Å². The second kappa shape index (κ2) is 5.14. The summed E-state index contributed by atoms with van der Waals surface area (Å²) in [6.07, 6.45) is 0.943. The Kier molecular flexibility index (Phi) is 3.79. The number of rotatable bonds is 2. The van der Waals surface area contributed by atoms with E-state index in [1.54, 1.807) is 11.0 Å². The van der Waals surface area contributed by atoms with Crippen molar-refractivity contribution in [3.05, 3.63) is 34.1 Å². The SMILES string of the molecule is CNC1CCN(C(=O)c2cc(F)cc(Br)c2)C1. The lowest BCUT2D eigenvalue weighted by molar-refractivity contribution is 0.0789. The molecule has 0 saturated carbocycles. The van der Waals surface area contributed by atoms with Gasteiger partial charge in [-0.25, -0.2) is 4.39 Å². The molecule has 0 radical (unpaired) electrons. The van der Waals surface area contributed by atoms with Crippen LogP contribution in [-0.4, -0.2) is 37.0 Å². The van der Waals surface area contributed by atoms with E-state index in [0.717, 1.165) is 13.0 Å². The van der Waals surface area contributed by atoms with Crippen molar-refractivity contribution in [2.24, 2.45) is 0 Å². The Balaban J connectivity index is 2.14. The molecule has 1 fully saturated rings. The number of carbonyl (C=O) groups is 1. The van der Waals surface area contributed by atoms with Crippen LogP contribution in [0.1, 0.15) is 16.8 Å². The number of hydrogen-bond acceptors (Lipinski definition) is 2. The zero-order valence-electron chi connectivity index (χ0n) is 9.54. The number of nitrogens with zero attached hydrogens (tertiary/aromatic N) is 1. The Hall–Kier alpha value is -0.940. The average Bonchev–Trinajstić information content (AvgIpc) is 2.75. The van der Waals surface area contributed by atoms with Gasteiger partial charge in [-0.2, -0.15) is 0 Å². The van der Waals surface area contributed by atoms with Crippen molar-refractivity contribution in [1.29, 1.82) is 0 Å². The molecule has 2 rings (SSSR count). The molecule has 3 nitrogen and oxygen atoms in total. The van der Waals surface area contributed by atoms with E-state index < -0.39 is 5.82 Å². The van der Waals surface area contributed by atoms with Crippen LogP contribution in [0.4, 0.5) is 4.39 Å². The molecule has 0 aromatic heterocycles. The van der Waals surface area contributed by atoms with Crippen molar-refractivity contribution in [3.8, 4) is 0 Å². The molecule has 92 valence electrons. The van der Waals surface area contributed by atoms with Crippen LogP contribution in [0, 0.1) is 5.82 Å². The van der Waals surface area contributed by atoms with Gasteiger partial charge in [0.2, 0.25) is 0 Å². The molecular formula is C12H14BrFN2O. The molecule has 1 amide bonds. The van der Waals surface area contributed by atoms with E-state index in [2.05, 4.69) is 21.2 Å². The number of likely N-dealkylation sites (tertiary alicyclic amines) is 1. The third kappa shape index (κ3) is 2.84. The van der Waals surface area contributed by atoms with Crippen LogP contribution >= 0.6 is 15.9 Å². The zero-order valence-corrected chi connectivity index (χ0v) is 11.1. The summed E-state index contributed by atoms with van der Waals surface area (Å²) in [7, 11) is 1.89. The number of halogens is 2. The highest BCUT2D eigenvalue weighted by atomic mass is 79.9. The van der Waals surface area contributed by atoms with Crippen molar-refractivity contribution in [2.45, 2.75) is 12.5 Å². The maximum absolute atomic E-state index is 13.2. The molecule has 17 heavy (non-hydrogen) atoms. The van der Waals surface area contributed by atoms with Gasteiger partial charge >= 0.3 is 0 Å². The first kappa shape index (κ1) is 12.5. The molecule has 1 saturated heterocycles. The van der Waals surface area contributed by atoms with E-state index >= 15 is 0 Å². The second-order valence-electron chi connectivity index (χ2n) is 4.18. The summed E-state index contributed by atoms with van der Waals surface area (Å²) in [6.45, 7) is 1.40. The lowest BCUT2D eigenvalue weighted by Gasteiger charge is -2.16. The predicted octanol–water partition coefficient (Wildman–Crippen LogP) is 2.02. The van der Waals surface area contributed by atoms with Gasteiger partial charge in [0.05, 0.1) is 0 Å². The standard InChI is InChI=1S/C12H14BrFN2O/c1-15-11-2-3-16(7-11)12(17)8-4-9(13)6-10(14)5-8/h4-6,11,15H,2-3,7H2,1H3. The normalized spacial score (nSPS) is 19.7. The minimum absolute atomic E-state index is 0.108. The molecule has 1 aliphatic rings. The first-order valence-electron chi connectivity index (χ1n) is 5.53. The Bertz CT molecular complexity index is 418. The third-order valence-electron chi connectivity index (χ3n) is 2.99. The number of nitrogens with one attached hydrogen (secondary N) is 1. The highest BCUT2D eigenvalue weighted by Crippen LogP contribution is 2.18. The van der Waals surface area contributed by atoms with Crippen molar-refractivity contribution < 1.29 is 9.18 Å². The van der Waals surface area contributed by atoms with Crippen LogP contribution in [0.5, 0.6) is 0 Å². The number of hydrogen-bond donors (Lipinski definition) is 1. The minimum atomic E-state index is -0.396. The fourth-order valence-corrected chi connectivity index (χ4v) is 2.51. The maximum atomic E-state index is 13.2. The van der Waals surface area contributed by atoms with Gasteiger partial charge in [0, 0.05) is 29.2 Å². The first-order valence-corrected chi connectivity index (χ1v) is 6.32. The monoisotopic (exact) mass is 300 g/mol. The fourth-order valence-electron chi connectivity index (χ4n) is 2.04. The summed E-state index contributed by atoms with van der Waals surface area (Å²) in [4.78, 5) is 13.9. The number of amides is 1. The molecule has 0 aliphatic carbocycles. The van der Waals surface area contributed by atoms with Gasteiger partial charge in [0.1, 0.15) is 5.82 Å². The maximum Gasteiger partial charge on any atom is 0.254 e. The van der Waals surface area contributed by atoms with Gasteiger partial charge in [-0.1, -0.05) is 15.9 Å². The smallest absolute Gasteiger partial charge is 0.254 e. The second-order valence-corrected chi connectivity index (χ2v) is 5.10. The molecule has 1 aromatic carbocycles. The number of carbonyl (C=O) groups excluding carboxylic acids is 1. The molecule has 1 aromatic rings. The molecule has 0 bridgehead atoms. The van der Waals surface area contributed by atoms with Gasteiger partial charge in [0.15, 0.2) is 0 Å². The Morgan fingerprint density at radius 1 is 1.53 bits per heavy atom. The highest BCUT2D eigenvalue weighted by molar-refractivity contribution is 9.10. The molecule has 5 heteroatoms. The zero-order chi connectivity index (χ0) is 12.4. The van der Waals surface area contributed by atoms with Crippen molar-refractivity contribution in [2.75, 3.05) is 20.1 Å². The van der Waals surface area contributed by atoms with Crippen LogP contribution in [-0.2, 0) is 0 Å². The van der Waals surface area contributed by atoms with Crippen molar-refractivity contribution >= 4 is 21.8 Å². The molecule has 1 heterocycles. The van der Waals surface area contributed by atoms with Gasteiger partial charge in [-0.3, -0.25) is 4.79 Å². The van der Waals surface area contributed by atoms with Gasteiger partial charge in [0.25, 0.3) is 5.91 Å². The molecule has 1 atom stereocenters. The summed E-state index contributed by atoms with van der Waals surface area (Å²) in [5.41, 5.74) is 0.397. The van der Waals surface area contributed by atoms with Crippen molar-refractivity contribution in [1.82, 2.24) is 10.2 Å². The van der Waals surface area contributed by atoms with Crippen LogP contribution in [0.15, 0.2) is 22.7 Å². The lowest BCUT2D eigenvalue weighted by atomic mass is 10.2. The first-order chi connectivity index (χ1) is 8.10. The summed E-state index contributed by atoms with van der Waals surface area (Å²) in [5, 5.41) is 3.15. The molecule has 1 unspecified atom stereocenters. The fraction of sp³-hybridized carbons (Fsp3) is 0.417. The summed E-state index contributed by atoms with van der Waals surface area (Å²) in [5.74, 6) is -0.505. The topological polar surface area (TPSA) is 32.3 Å². The van der Waals surface area contributed by atoms with Gasteiger partial charge in [-0.05, 0) is 31.7 Å². The largest absolute Gasteiger partial charge is 0.337 e. The quantitative estimate of drug-likeness (QED) is 0.906. The predicted molar refractivity (Wildman–Crippen MR) is 67.5 cm³/mol. The average molecular weight is 301 g/mol. The van der Waals surface area contributed by atoms with E-state index in [9.17, 15) is 9.18 Å². The van der Waals surface area contributed by atoms with E-state index in [1.807, 2.05) is 7.05 Å². The number of likely N-dealkylation sites (N-methyl/N-ethyl adjacent to an activating group) is 1. The van der Waals surface area contributed by atoms with Gasteiger partial charge in [-0.15, -0.1) is 0 Å². The van der Waals surface area contributed by atoms with Crippen LogP contribution in [0.25, 0.3) is 0 Å². The molecular weight excluding hydrogens is 287 g/mol. The van der Waals surface area contributed by atoms with E-state index in [0.29, 0.717) is 22.6 Å². The summed E-state index contributed by atoms with van der Waals surface area (Å²) < 4.78 is 13.8. The number of benzene rings is 1. The van der Waals surface area contributed by atoms with Crippen LogP contribution < -0.4 is 5.32 Å². The summed E-state index contributed by atoms with van der Waals surface area (Å²) in [6, 6.07) is 4.62. The Morgan fingerprint density at radius 2 is 2.29 bits per heavy atom. The van der Waals surface area contributed by atoms with E-state index in [-0.39, 0.29) is 5.91 Å². The Morgan fingerprint density at radius 3 is 2.88 bits per heavy atom. The van der Waals surface area contributed by atoms with Crippen molar-refractivity contribution in [3.63, 3.8) is 0 Å².